The van der Waals surface area contributed by atoms with Crippen LogP contribution in [-0.4, -0.2) is 26.8 Å². The maximum atomic E-state index is 12.6. The Morgan fingerprint density at radius 1 is 1.35 bits per heavy atom. The van der Waals surface area contributed by atoms with E-state index in [1.165, 1.54) is 6.07 Å². The third-order valence-corrected chi connectivity index (χ3v) is 5.71. The van der Waals surface area contributed by atoms with Gasteiger partial charge in [0.1, 0.15) is 0 Å². The van der Waals surface area contributed by atoms with E-state index in [1.54, 1.807) is 6.92 Å². The zero-order chi connectivity index (χ0) is 15.0. The van der Waals surface area contributed by atoms with Crippen molar-refractivity contribution in [3.05, 3.63) is 29.8 Å². The van der Waals surface area contributed by atoms with Crippen molar-refractivity contribution < 1.29 is 21.6 Å². The molecule has 0 spiro atoms. The van der Waals surface area contributed by atoms with Gasteiger partial charge in [-0.2, -0.15) is 13.2 Å². The summed E-state index contributed by atoms with van der Waals surface area (Å²) in [4.78, 5) is -0.257. The molecule has 1 saturated heterocycles. The zero-order valence-corrected chi connectivity index (χ0v) is 11.8. The third-order valence-electron chi connectivity index (χ3n) is 3.55. The van der Waals surface area contributed by atoms with Crippen LogP contribution in [0.4, 0.5) is 13.2 Å². The monoisotopic (exact) mass is 307 g/mol. The molecule has 20 heavy (non-hydrogen) atoms. The Morgan fingerprint density at radius 3 is 2.50 bits per heavy atom. The highest BCUT2D eigenvalue weighted by atomic mass is 32.2. The van der Waals surface area contributed by atoms with Crippen LogP contribution >= 0.6 is 0 Å². The molecule has 1 aromatic carbocycles. The smallest absolute Gasteiger partial charge is 0.316 e. The summed E-state index contributed by atoms with van der Waals surface area (Å²) in [6.45, 7) is 3.08. The van der Waals surface area contributed by atoms with E-state index in [-0.39, 0.29) is 10.8 Å². The van der Waals surface area contributed by atoms with Crippen LogP contribution in [0.2, 0.25) is 0 Å². The first-order valence-electron chi connectivity index (χ1n) is 6.33. The molecular weight excluding hydrogens is 291 g/mol. The third kappa shape index (κ3) is 3.15. The molecular formula is C13H16F3NO2S. The van der Waals surface area contributed by atoms with Gasteiger partial charge in [0.05, 0.1) is 15.7 Å². The Balaban J connectivity index is 2.24. The van der Waals surface area contributed by atoms with Crippen LogP contribution in [0.3, 0.4) is 0 Å². The number of sulfone groups is 1. The van der Waals surface area contributed by atoms with Gasteiger partial charge >= 0.3 is 6.18 Å². The minimum Gasteiger partial charge on any atom is -0.316 e. The molecule has 0 bridgehead atoms. The number of hydrogen-bond acceptors (Lipinski definition) is 3. The fraction of sp³-hybridized carbons (Fsp3) is 0.538. The Morgan fingerprint density at radius 2 is 2.00 bits per heavy atom. The van der Waals surface area contributed by atoms with Crippen LogP contribution in [0, 0.1) is 5.92 Å². The van der Waals surface area contributed by atoms with E-state index in [1.807, 2.05) is 0 Å². The van der Waals surface area contributed by atoms with E-state index < -0.39 is 26.8 Å². The van der Waals surface area contributed by atoms with Gasteiger partial charge in [-0.1, -0.05) is 6.07 Å². The molecule has 0 amide bonds. The summed E-state index contributed by atoms with van der Waals surface area (Å²) in [5, 5.41) is 2.36. The first-order chi connectivity index (χ1) is 9.21. The number of benzene rings is 1. The molecule has 0 radical (unpaired) electrons. The van der Waals surface area contributed by atoms with Crippen molar-refractivity contribution in [3.8, 4) is 0 Å². The minimum absolute atomic E-state index is 0.257. The largest absolute Gasteiger partial charge is 0.416 e. The average Bonchev–Trinajstić information content (AvgIpc) is 2.32. The lowest BCUT2D eigenvalue weighted by Gasteiger charge is -2.29. The molecule has 3 nitrogen and oxygen atoms in total. The van der Waals surface area contributed by atoms with Crippen LogP contribution in [-0.2, 0) is 16.0 Å². The fourth-order valence-corrected chi connectivity index (χ4v) is 3.74. The number of hydrogen-bond donors (Lipinski definition) is 1. The van der Waals surface area contributed by atoms with Crippen LogP contribution in [0.5, 0.6) is 0 Å². The second kappa shape index (κ2) is 5.37. The molecule has 1 N–H and O–H groups in total. The Bertz CT molecular complexity index is 580. The van der Waals surface area contributed by atoms with Gasteiger partial charge in [0.2, 0.25) is 0 Å². The van der Waals surface area contributed by atoms with E-state index in [0.29, 0.717) is 12.5 Å². The first-order valence-corrected chi connectivity index (χ1v) is 7.88. The lowest BCUT2D eigenvalue weighted by atomic mass is 9.98. The van der Waals surface area contributed by atoms with E-state index in [4.69, 9.17) is 0 Å². The summed E-state index contributed by atoms with van der Waals surface area (Å²) < 4.78 is 62.5. The molecule has 1 aromatic rings. The highest BCUT2D eigenvalue weighted by Crippen LogP contribution is 2.32. The van der Waals surface area contributed by atoms with Crippen molar-refractivity contribution in [2.75, 3.05) is 13.1 Å². The molecule has 0 saturated carbocycles. The van der Waals surface area contributed by atoms with Crippen LogP contribution in [0.25, 0.3) is 0 Å². The highest BCUT2D eigenvalue weighted by molar-refractivity contribution is 7.92. The van der Waals surface area contributed by atoms with Gasteiger partial charge in [-0.25, -0.2) is 8.42 Å². The summed E-state index contributed by atoms with van der Waals surface area (Å²) in [5.41, 5.74) is -0.934. The lowest BCUT2D eigenvalue weighted by molar-refractivity contribution is -0.137. The Kier molecular flexibility index (Phi) is 4.11. The Hall–Kier alpha value is -1.08. The summed E-state index contributed by atoms with van der Waals surface area (Å²) in [5.74, 6) is 0.283. The van der Waals surface area contributed by atoms with E-state index in [9.17, 15) is 21.6 Å². The molecule has 2 rings (SSSR count). The number of rotatable bonds is 4. The topological polar surface area (TPSA) is 46.2 Å². The maximum absolute atomic E-state index is 12.6. The number of alkyl halides is 3. The van der Waals surface area contributed by atoms with Gasteiger partial charge in [0.25, 0.3) is 0 Å². The second-order valence-electron chi connectivity index (χ2n) is 5.14. The molecule has 1 aliphatic heterocycles. The van der Waals surface area contributed by atoms with Crippen LogP contribution in [0.1, 0.15) is 18.9 Å². The number of halogens is 3. The summed E-state index contributed by atoms with van der Waals surface area (Å²) in [7, 11) is -3.72. The van der Waals surface area contributed by atoms with Gasteiger partial charge in [0, 0.05) is 0 Å². The SMILES string of the molecule is CC(CC1CNC1)S(=O)(=O)c1cccc(C(F)(F)F)c1. The highest BCUT2D eigenvalue weighted by Gasteiger charge is 2.33. The van der Waals surface area contributed by atoms with Crippen molar-refractivity contribution in [1.29, 1.82) is 0 Å². The molecule has 0 aliphatic carbocycles. The summed E-state index contributed by atoms with van der Waals surface area (Å²) in [6.07, 6.45) is -4.07. The first kappa shape index (κ1) is 15.3. The van der Waals surface area contributed by atoms with Crippen molar-refractivity contribution in [3.63, 3.8) is 0 Å². The molecule has 1 unspecified atom stereocenters. The molecule has 1 fully saturated rings. The van der Waals surface area contributed by atoms with Crippen molar-refractivity contribution in [2.45, 2.75) is 29.7 Å². The predicted octanol–water partition coefficient (Wildman–Crippen LogP) is 2.48. The quantitative estimate of drug-likeness (QED) is 0.929. The van der Waals surface area contributed by atoms with Crippen molar-refractivity contribution in [1.82, 2.24) is 5.32 Å². The van der Waals surface area contributed by atoms with Crippen molar-refractivity contribution in [2.24, 2.45) is 5.92 Å². The second-order valence-corrected chi connectivity index (χ2v) is 7.51. The standard InChI is InChI=1S/C13H16F3NO2S/c1-9(5-10-7-17-8-10)20(18,19)12-4-2-3-11(6-12)13(14,15)16/h2-4,6,9-10,17H,5,7-8H2,1H3. The maximum Gasteiger partial charge on any atom is 0.416 e. The van der Waals surface area contributed by atoms with Gasteiger partial charge in [0.15, 0.2) is 9.84 Å². The van der Waals surface area contributed by atoms with Gasteiger partial charge in [-0.05, 0) is 50.6 Å². The summed E-state index contributed by atoms with van der Waals surface area (Å²) >= 11 is 0. The lowest BCUT2D eigenvalue weighted by Crippen LogP contribution is -2.44. The normalized spacial score (nSPS) is 18.6. The van der Waals surface area contributed by atoms with E-state index >= 15 is 0 Å². The number of nitrogens with one attached hydrogen (secondary N) is 1. The fourth-order valence-electron chi connectivity index (χ4n) is 2.19. The van der Waals surface area contributed by atoms with Crippen molar-refractivity contribution >= 4 is 9.84 Å². The minimum atomic E-state index is -4.54. The molecule has 0 aromatic heterocycles. The van der Waals surface area contributed by atoms with Gasteiger partial charge < -0.3 is 5.32 Å². The van der Waals surface area contributed by atoms with E-state index in [2.05, 4.69) is 5.32 Å². The molecule has 1 aliphatic rings. The van der Waals surface area contributed by atoms with E-state index in [0.717, 1.165) is 25.2 Å². The molecule has 112 valence electrons. The average molecular weight is 307 g/mol. The summed E-state index contributed by atoms with van der Waals surface area (Å²) in [6, 6.07) is 3.94. The molecule has 1 heterocycles. The van der Waals surface area contributed by atoms with Crippen LogP contribution < -0.4 is 5.32 Å². The van der Waals surface area contributed by atoms with Crippen LogP contribution in [0.15, 0.2) is 29.2 Å². The zero-order valence-electron chi connectivity index (χ0n) is 10.9. The molecule has 1 atom stereocenters. The van der Waals surface area contributed by atoms with Gasteiger partial charge in [-0.15, -0.1) is 0 Å². The molecule has 7 heteroatoms. The van der Waals surface area contributed by atoms with Gasteiger partial charge in [-0.3, -0.25) is 0 Å². The predicted molar refractivity (Wildman–Crippen MR) is 69.1 cm³/mol. The Labute approximate surface area is 116 Å².